The number of likely N-dealkylation sites (N-methyl/N-ethyl adjacent to an activating group) is 1. The minimum absolute atomic E-state index is 0.0609. The van der Waals surface area contributed by atoms with Crippen LogP contribution in [0.25, 0.3) is 0 Å². The van der Waals surface area contributed by atoms with Crippen molar-refractivity contribution in [2.45, 2.75) is 51.7 Å². The first-order valence-electron chi connectivity index (χ1n) is 6.20. The van der Waals surface area contributed by atoms with E-state index in [9.17, 15) is 0 Å². The SMILES string of the molecule is CCN(CC1CCCO1)CC(C)(N)CC. The van der Waals surface area contributed by atoms with Crippen molar-refractivity contribution >= 4 is 0 Å². The Balaban J connectivity index is 2.34. The molecule has 0 radical (unpaired) electrons. The lowest BCUT2D eigenvalue weighted by Gasteiger charge is -2.32. The third-order valence-electron chi connectivity index (χ3n) is 3.33. The van der Waals surface area contributed by atoms with E-state index in [0.29, 0.717) is 6.10 Å². The van der Waals surface area contributed by atoms with Crippen LogP contribution < -0.4 is 5.73 Å². The maximum atomic E-state index is 6.18. The van der Waals surface area contributed by atoms with Crippen LogP contribution in [0.1, 0.15) is 40.0 Å². The highest BCUT2D eigenvalue weighted by atomic mass is 16.5. The Kier molecular flexibility index (Phi) is 5.03. The van der Waals surface area contributed by atoms with Crippen LogP contribution in [0.5, 0.6) is 0 Å². The van der Waals surface area contributed by atoms with Crippen molar-refractivity contribution < 1.29 is 4.74 Å². The van der Waals surface area contributed by atoms with Crippen molar-refractivity contribution in [2.75, 3.05) is 26.2 Å². The third-order valence-corrected chi connectivity index (χ3v) is 3.33. The number of hydrogen-bond acceptors (Lipinski definition) is 3. The molecule has 3 heteroatoms. The summed E-state index contributed by atoms with van der Waals surface area (Å²) in [5.74, 6) is 0. The first-order chi connectivity index (χ1) is 7.07. The number of nitrogens with two attached hydrogens (primary N) is 1. The van der Waals surface area contributed by atoms with Crippen molar-refractivity contribution in [2.24, 2.45) is 5.73 Å². The lowest BCUT2D eigenvalue weighted by molar-refractivity contribution is 0.0676. The molecule has 90 valence electrons. The number of rotatable bonds is 6. The topological polar surface area (TPSA) is 38.5 Å². The minimum Gasteiger partial charge on any atom is -0.377 e. The Bertz CT molecular complexity index is 176. The summed E-state index contributed by atoms with van der Waals surface area (Å²) in [7, 11) is 0. The number of hydrogen-bond donors (Lipinski definition) is 1. The second-order valence-electron chi connectivity index (χ2n) is 4.97. The molecule has 0 bridgehead atoms. The quantitative estimate of drug-likeness (QED) is 0.730. The Hall–Kier alpha value is -0.120. The van der Waals surface area contributed by atoms with Gasteiger partial charge in [0, 0.05) is 25.2 Å². The van der Waals surface area contributed by atoms with Gasteiger partial charge in [0.05, 0.1) is 6.10 Å². The highest BCUT2D eigenvalue weighted by Crippen LogP contribution is 2.15. The van der Waals surface area contributed by atoms with Gasteiger partial charge in [-0.05, 0) is 32.7 Å². The molecule has 0 saturated carbocycles. The molecule has 0 aromatic carbocycles. The molecule has 1 fully saturated rings. The van der Waals surface area contributed by atoms with Crippen molar-refractivity contribution in [1.82, 2.24) is 4.90 Å². The van der Waals surface area contributed by atoms with Gasteiger partial charge in [0.1, 0.15) is 0 Å². The predicted molar refractivity (Wildman–Crippen MR) is 64.0 cm³/mol. The summed E-state index contributed by atoms with van der Waals surface area (Å²) < 4.78 is 5.65. The van der Waals surface area contributed by atoms with Gasteiger partial charge in [-0.1, -0.05) is 13.8 Å². The highest BCUT2D eigenvalue weighted by molar-refractivity contribution is 4.82. The van der Waals surface area contributed by atoms with Crippen LogP contribution in [0, 0.1) is 0 Å². The Morgan fingerprint density at radius 3 is 2.67 bits per heavy atom. The first kappa shape index (κ1) is 12.9. The summed E-state index contributed by atoms with van der Waals surface area (Å²) in [6.45, 7) is 10.5. The molecule has 0 aromatic heterocycles. The summed E-state index contributed by atoms with van der Waals surface area (Å²) in [4.78, 5) is 2.42. The lowest BCUT2D eigenvalue weighted by atomic mass is 9.99. The zero-order chi connectivity index (χ0) is 11.3. The summed E-state index contributed by atoms with van der Waals surface area (Å²) in [6.07, 6.45) is 3.90. The first-order valence-corrected chi connectivity index (χ1v) is 6.20. The maximum absolute atomic E-state index is 6.18. The molecule has 0 spiro atoms. The van der Waals surface area contributed by atoms with Crippen LogP contribution in [-0.2, 0) is 4.74 Å². The van der Waals surface area contributed by atoms with Gasteiger partial charge in [0.2, 0.25) is 0 Å². The Labute approximate surface area is 94.0 Å². The molecule has 0 aliphatic carbocycles. The van der Waals surface area contributed by atoms with Crippen LogP contribution in [0.4, 0.5) is 0 Å². The van der Waals surface area contributed by atoms with Gasteiger partial charge >= 0.3 is 0 Å². The van der Waals surface area contributed by atoms with Crippen LogP contribution in [0.2, 0.25) is 0 Å². The fourth-order valence-electron chi connectivity index (χ4n) is 2.00. The molecule has 15 heavy (non-hydrogen) atoms. The molecule has 3 nitrogen and oxygen atoms in total. The van der Waals surface area contributed by atoms with Gasteiger partial charge < -0.3 is 10.5 Å². The maximum Gasteiger partial charge on any atom is 0.0702 e. The molecule has 1 rings (SSSR count). The largest absolute Gasteiger partial charge is 0.377 e. The van der Waals surface area contributed by atoms with Gasteiger partial charge in [-0.15, -0.1) is 0 Å². The van der Waals surface area contributed by atoms with Crippen LogP contribution in [-0.4, -0.2) is 42.8 Å². The fraction of sp³-hybridized carbons (Fsp3) is 1.00. The zero-order valence-corrected chi connectivity index (χ0v) is 10.5. The van der Waals surface area contributed by atoms with Crippen LogP contribution >= 0.6 is 0 Å². The molecule has 2 unspecified atom stereocenters. The molecule has 2 atom stereocenters. The molecule has 1 aliphatic rings. The van der Waals surface area contributed by atoms with E-state index >= 15 is 0 Å². The van der Waals surface area contributed by atoms with Gasteiger partial charge in [-0.3, -0.25) is 4.90 Å². The summed E-state index contributed by atoms with van der Waals surface area (Å²) >= 11 is 0. The van der Waals surface area contributed by atoms with Crippen molar-refractivity contribution in [3.63, 3.8) is 0 Å². The molecule has 1 heterocycles. The van der Waals surface area contributed by atoms with E-state index in [2.05, 4.69) is 25.7 Å². The zero-order valence-electron chi connectivity index (χ0n) is 10.5. The van der Waals surface area contributed by atoms with E-state index in [4.69, 9.17) is 10.5 Å². The lowest BCUT2D eigenvalue weighted by Crippen LogP contribution is -2.49. The van der Waals surface area contributed by atoms with Crippen molar-refractivity contribution in [1.29, 1.82) is 0 Å². The molecule has 0 amide bonds. The summed E-state index contributed by atoms with van der Waals surface area (Å²) in [5.41, 5.74) is 6.12. The van der Waals surface area contributed by atoms with Crippen molar-refractivity contribution in [3.8, 4) is 0 Å². The Morgan fingerprint density at radius 1 is 1.47 bits per heavy atom. The van der Waals surface area contributed by atoms with Gasteiger partial charge in [0.15, 0.2) is 0 Å². The molecule has 2 N–H and O–H groups in total. The average Bonchev–Trinajstić information content (AvgIpc) is 2.69. The highest BCUT2D eigenvalue weighted by Gasteiger charge is 2.23. The Morgan fingerprint density at radius 2 is 2.20 bits per heavy atom. The summed E-state index contributed by atoms with van der Waals surface area (Å²) in [6, 6.07) is 0. The van der Waals surface area contributed by atoms with E-state index < -0.39 is 0 Å². The second-order valence-corrected chi connectivity index (χ2v) is 4.97. The standard InChI is InChI=1S/C12H26N2O/c1-4-12(3,13)10-14(5-2)9-11-7-6-8-15-11/h11H,4-10,13H2,1-3H3. The molecular formula is C12H26N2O. The van der Waals surface area contributed by atoms with Gasteiger partial charge in [-0.25, -0.2) is 0 Å². The van der Waals surface area contributed by atoms with Gasteiger partial charge in [-0.2, -0.15) is 0 Å². The van der Waals surface area contributed by atoms with E-state index in [1.54, 1.807) is 0 Å². The van der Waals surface area contributed by atoms with E-state index in [-0.39, 0.29) is 5.54 Å². The molecule has 0 aromatic rings. The predicted octanol–water partition coefficient (Wildman–Crippen LogP) is 1.61. The van der Waals surface area contributed by atoms with Crippen molar-refractivity contribution in [3.05, 3.63) is 0 Å². The molecule has 1 aliphatic heterocycles. The fourth-order valence-corrected chi connectivity index (χ4v) is 2.00. The van der Waals surface area contributed by atoms with Crippen LogP contribution in [0.15, 0.2) is 0 Å². The second kappa shape index (κ2) is 5.83. The minimum atomic E-state index is -0.0609. The van der Waals surface area contributed by atoms with E-state index in [1.165, 1.54) is 12.8 Å². The van der Waals surface area contributed by atoms with Crippen LogP contribution in [0.3, 0.4) is 0 Å². The third kappa shape index (κ3) is 4.49. The molecule has 1 saturated heterocycles. The monoisotopic (exact) mass is 214 g/mol. The van der Waals surface area contributed by atoms with Gasteiger partial charge in [0.25, 0.3) is 0 Å². The molecular weight excluding hydrogens is 188 g/mol. The number of nitrogens with zero attached hydrogens (tertiary/aromatic N) is 1. The summed E-state index contributed by atoms with van der Waals surface area (Å²) in [5, 5.41) is 0. The van der Waals surface area contributed by atoms with E-state index in [0.717, 1.165) is 32.7 Å². The average molecular weight is 214 g/mol. The number of ether oxygens (including phenoxy) is 1. The van der Waals surface area contributed by atoms with E-state index in [1.807, 2.05) is 0 Å². The smallest absolute Gasteiger partial charge is 0.0702 e. The normalized spacial score (nSPS) is 25.8.